The number of hydrogen-bond acceptors (Lipinski definition) is 3. The summed E-state index contributed by atoms with van der Waals surface area (Å²) in [5, 5.41) is 3.37. The number of halogens is 1. The van der Waals surface area contributed by atoms with Crippen LogP contribution in [0.25, 0.3) is 0 Å². The van der Waals surface area contributed by atoms with Crippen LogP contribution in [0.4, 0.5) is 0 Å². The second-order valence-electron chi connectivity index (χ2n) is 4.13. The minimum Gasteiger partial charge on any atom is -0.468 e. The van der Waals surface area contributed by atoms with Crippen LogP contribution in [0.3, 0.4) is 0 Å². The van der Waals surface area contributed by atoms with Gasteiger partial charge in [-0.25, -0.2) is 0 Å². The Bertz CT molecular complexity index is 196. The van der Waals surface area contributed by atoms with Gasteiger partial charge in [-0.15, -0.1) is 12.4 Å². The Morgan fingerprint density at radius 1 is 1.36 bits per heavy atom. The molecule has 3 atom stereocenters. The van der Waals surface area contributed by atoms with E-state index >= 15 is 0 Å². The van der Waals surface area contributed by atoms with Crippen molar-refractivity contribution in [2.24, 2.45) is 5.92 Å². The maximum absolute atomic E-state index is 11.3. The van der Waals surface area contributed by atoms with Crippen molar-refractivity contribution < 1.29 is 9.53 Å². The average Bonchev–Trinajstić information content (AvgIpc) is 2.59. The van der Waals surface area contributed by atoms with Crippen LogP contribution >= 0.6 is 12.4 Å². The number of ether oxygens (including phenoxy) is 1. The largest absolute Gasteiger partial charge is 0.468 e. The van der Waals surface area contributed by atoms with Crippen molar-refractivity contribution in [3.05, 3.63) is 0 Å². The molecule has 4 heteroatoms. The lowest BCUT2D eigenvalue weighted by Crippen LogP contribution is -2.37. The highest BCUT2D eigenvalue weighted by atomic mass is 35.5. The molecule has 1 aliphatic heterocycles. The number of methoxy groups -OCH3 is 1. The summed E-state index contributed by atoms with van der Waals surface area (Å²) in [4.78, 5) is 11.3. The van der Waals surface area contributed by atoms with Crippen molar-refractivity contribution in [2.45, 2.75) is 44.2 Å². The molecule has 0 spiro atoms. The summed E-state index contributed by atoms with van der Waals surface area (Å²) in [6.45, 7) is 0. The van der Waals surface area contributed by atoms with Crippen molar-refractivity contribution in [1.29, 1.82) is 0 Å². The van der Waals surface area contributed by atoms with Crippen LogP contribution in [-0.4, -0.2) is 25.2 Å². The van der Waals surface area contributed by atoms with Gasteiger partial charge in [0.25, 0.3) is 0 Å². The van der Waals surface area contributed by atoms with E-state index in [9.17, 15) is 4.79 Å². The molecule has 1 aliphatic carbocycles. The zero-order chi connectivity index (χ0) is 9.26. The monoisotopic (exact) mass is 219 g/mol. The average molecular weight is 220 g/mol. The number of fused-ring (bicyclic) bond motifs is 1. The molecule has 1 N–H and O–H groups in total. The van der Waals surface area contributed by atoms with Gasteiger partial charge in [-0.05, 0) is 25.2 Å². The summed E-state index contributed by atoms with van der Waals surface area (Å²) >= 11 is 0. The van der Waals surface area contributed by atoms with Gasteiger partial charge >= 0.3 is 5.97 Å². The first kappa shape index (κ1) is 11.8. The molecule has 0 aromatic rings. The lowest BCUT2D eigenvalue weighted by molar-refractivity contribution is -0.142. The van der Waals surface area contributed by atoms with Crippen LogP contribution in [0.15, 0.2) is 0 Å². The zero-order valence-electron chi connectivity index (χ0n) is 8.49. The highest BCUT2D eigenvalue weighted by molar-refractivity contribution is 5.85. The summed E-state index contributed by atoms with van der Waals surface area (Å²) in [5.41, 5.74) is 0. The zero-order valence-corrected chi connectivity index (χ0v) is 9.31. The van der Waals surface area contributed by atoms with E-state index in [1.54, 1.807) is 0 Å². The fourth-order valence-electron chi connectivity index (χ4n) is 2.64. The topological polar surface area (TPSA) is 38.3 Å². The fraction of sp³-hybridized carbons (Fsp3) is 0.900. The van der Waals surface area contributed by atoms with E-state index in [2.05, 4.69) is 5.32 Å². The molecule has 0 aromatic heterocycles. The molecular weight excluding hydrogens is 202 g/mol. The standard InChI is InChI=1S/C10H17NO2.ClH/c1-13-10(12)9-6-7-4-2-3-5-8(7)11-9;/h7-9,11H,2-6H2,1H3;1H/t7-,8+,9?;/m1./s1. The molecule has 82 valence electrons. The number of nitrogens with one attached hydrogen (secondary N) is 1. The lowest BCUT2D eigenvalue weighted by Gasteiger charge is -2.24. The lowest BCUT2D eigenvalue weighted by atomic mass is 9.85. The van der Waals surface area contributed by atoms with Crippen LogP contribution in [0.1, 0.15) is 32.1 Å². The summed E-state index contributed by atoms with van der Waals surface area (Å²) in [5.74, 6) is 0.632. The first-order valence-electron chi connectivity index (χ1n) is 5.15. The Kier molecular flexibility index (Phi) is 4.20. The van der Waals surface area contributed by atoms with Crippen LogP contribution in [0.5, 0.6) is 0 Å². The van der Waals surface area contributed by atoms with Crippen molar-refractivity contribution >= 4 is 18.4 Å². The Hall–Kier alpha value is -0.280. The van der Waals surface area contributed by atoms with Crippen molar-refractivity contribution in [1.82, 2.24) is 5.32 Å². The van der Waals surface area contributed by atoms with Crippen molar-refractivity contribution in [3.63, 3.8) is 0 Å². The number of carbonyl (C=O) groups is 1. The first-order valence-corrected chi connectivity index (χ1v) is 5.15. The first-order chi connectivity index (χ1) is 6.31. The van der Waals surface area contributed by atoms with Gasteiger partial charge in [0, 0.05) is 6.04 Å². The second-order valence-corrected chi connectivity index (χ2v) is 4.13. The molecule has 1 heterocycles. The van der Waals surface area contributed by atoms with E-state index in [1.807, 2.05) is 0 Å². The normalized spacial score (nSPS) is 35.6. The highest BCUT2D eigenvalue weighted by Crippen LogP contribution is 2.33. The third kappa shape index (κ3) is 2.20. The molecule has 3 nitrogen and oxygen atoms in total. The molecule has 1 saturated carbocycles. The molecule has 2 rings (SSSR count). The molecule has 14 heavy (non-hydrogen) atoms. The number of hydrogen-bond donors (Lipinski definition) is 1. The van der Waals surface area contributed by atoms with E-state index in [0.717, 1.165) is 12.3 Å². The Morgan fingerprint density at radius 3 is 2.71 bits per heavy atom. The maximum atomic E-state index is 11.3. The summed E-state index contributed by atoms with van der Waals surface area (Å²) in [7, 11) is 1.46. The van der Waals surface area contributed by atoms with Gasteiger partial charge in [-0.3, -0.25) is 4.79 Å². The van der Waals surface area contributed by atoms with Crippen LogP contribution in [-0.2, 0) is 9.53 Å². The molecular formula is C10H18ClNO2. The van der Waals surface area contributed by atoms with Crippen LogP contribution in [0, 0.1) is 5.92 Å². The summed E-state index contributed by atoms with van der Waals surface area (Å²) in [6.07, 6.45) is 6.14. The van der Waals surface area contributed by atoms with Crippen molar-refractivity contribution in [2.75, 3.05) is 7.11 Å². The van der Waals surface area contributed by atoms with Crippen molar-refractivity contribution in [3.8, 4) is 0 Å². The fourth-order valence-corrected chi connectivity index (χ4v) is 2.64. The van der Waals surface area contributed by atoms with Gasteiger partial charge in [0.2, 0.25) is 0 Å². The minimum atomic E-state index is -0.0885. The van der Waals surface area contributed by atoms with E-state index in [4.69, 9.17) is 4.74 Å². The van der Waals surface area contributed by atoms with E-state index in [1.165, 1.54) is 32.8 Å². The third-order valence-corrected chi connectivity index (χ3v) is 3.35. The minimum absolute atomic E-state index is 0. The molecule has 0 aromatic carbocycles. The SMILES string of the molecule is COC(=O)C1C[C@H]2CCCC[C@@H]2N1.Cl. The van der Waals surface area contributed by atoms with Crippen LogP contribution < -0.4 is 5.32 Å². The maximum Gasteiger partial charge on any atom is 0.322 e. The highest BCUT2D eigenvalue weighted by Gasteiger charge is 2.38. The molecule has 2 fully saturated rings. The van der Waals surface area contributed by atoms with Gasteiger partial charge < -0.3 is 10.1 Å². The summed E-state index contributed by atoms with van der Waals surface area (Å²) < 4.78 is 4.74. The smallest absolute Gasteiger partial charge is 0.322 e. The molecule has 0 amide bonds. The number of carbonyl (C=O) groups excluding carboxylic acids is 1. The molecule has 2 aliphatic rings. The van der Waals surface area contributed by atoms with Gasteiger partial charge in [0.15, 0.2) is 0 Å². The molecule has 1 saturated heterocycles. The van der Waals surface area contributed by atoms with Crippen LogP contribution in [0.2, 0.25) is 0 Å². The van der Waals surface area contributed by atoms with E-state index < -0.39 is 0 Å². The molecule has 0 radical (unpaired) electrons. The number of esters is 1. The Balaban J connectivity index is 0.000000980. The van der Waals surface area contributed by atoms with Gasteiger partial charge in [-0.1, -0.05) is 12.8 Å². The van der Waals surface area contributed by atoms with E-state index in [-0.39, 0.29) is 24.4 Å². The predicted molar refractivity (Wildman–Crippen MR) is 56.6 cm³/mol. The Labute approximate surface area is 91.0 Å². The van der Waals surface area contributed by atoms with Gasteiger partial charge in [0.05, 0.1) is 7.11 Å². The predicted octanol–water partition coefficient (Wildman–Crippen LogP) is 1.50. The molecule has 0 bridgehead atoms. The number of rotatable bonds is 1. The van der Waals surface area contributed by atoms with Gasteiger partial charge in [-0.2, -0.15) is 0 Å². The van der Waals surface area contributed by atoms with Gasteiger partial charge in [0.1, 0.15) is 6.04 Å². The molecule has 1 unspecified atom stereocenters. The second kappa shape index (κ2) is 4.99. The summed E-state index contributed by atoms with van der Waals surface area (Å²) in [6, 6.07) is 0.552. The van der Waals surface area contributed by atoms with E-state index in [0.29, 0.717) is 6.04 Å². The third-order valence-electron chi connectivity index (χ3n) is 3.35. The quantitative estimate of drug-likeness (QED) is 0.680. The Morgan fingerprint density at radius 2 is 2.07 bits per heavy atom.